The van der Waals surface area contributed by atoms with E-state index < -0.39 is 74.8 Å². The van der Waals surface area contributed by atoms with Crippen LogP contribution < -0.4 is 10.2 Å². The molecule has 1 aromatic carbocycles. The lowest BCUT2D eigenvalue weighted by Gasteiger charge is -2.25. The van der Waals surface area contributed by atoms with Crippen molar-refractivity contribution in [3.05, 3.63) is 29.1 Å². The third-order valence-electron chi connectivity index (χ3n) is 2.89. The van der Waals surface area contributed by atoms with Crippen LogP contribution in [0.5, 0.6) is 5.75 Å². The van der Waals surface area contributed by atoms with Gasteiger partial charge in [0.1, 0.15) is 15.4 Å². The van der Waals surface area contributed by atoms with Gasteiger partial charge in [-0.15, -0.1) is 0 Å². The summed E-state index contributed by atoms with van der Waals surface area (Å²) in [6.45, 7) is 3.59. The Bertz CT molecular complexity index is 888. The molecule has 0 spiro atoms. The molecule has 164 valence electrons. The van der Waals surface area contributed by atoms with Gasteiger partial charge < -0.3 is 9.47 Å². The maximum atomic E-state index is 13.7. The summed E-state index contributed by atoms with van der Waals surface area (Å²) in [6, 6.07) is 0. The number of hydrogen-bond donors (Lipinski definition) is 1. The lowest BCUT2D eigenvalue weighted by atomic mass is 10.2. The number of hydrogen-bond acceptors (Lipinski definition) is 6. The summed E-state index contributed by atoms with van der Waals surface area (Å²) in [6.07, 6.45) is -2.32. The number of nitrogens with one attached hydrogen (secondary N) is 1. The predicted molar refractivity (Wildman–Crippen MR) is 88.0 cm³/mol. The summed E-state index contributed by atoms with van der Waals surface area (Å²) in [7, 11) is -3.69. The van der Waals surface area contributed by atoms with E-state index in [2.05, 4.69) is 4.74 Å². The van der Waals surface area contributed by atoms with Crippen molar-refractivity contribution in [3.63, 3.8) is 0 Å². The van der Waals surface area contributed by atoms with Crippen LogP contribution >= 0.6 is 0 Å². The number of halogens is 5. The number of carbonyl (C=O) groups is 2. The first-order chi connectivity index (χ1) is 13.0. The fourth-order valence-electron chi connectivity index (χ4n) is 1.68. The molecule has 1 rings (SSSR count). The third kappa shape index (κ3) is 7.03. The second-order valence-corrected chi connectivity index (χ2v) is 8.92. The van der Waals surface area contributed by atoms with Crippen LogP contribution in [-0.2, 0) is 14.6 Å². The van der Waals surface area contributed by atoms with E-state index in [1.165, 1.54) is 20.8 Å². The number of rotatable bonds is 4. The van der Waals surface area contributed by atoms with Gasteiger partial charge in [0, 0.05) is 6.26 Å². The Hall–Kier alpha value is -2.64. The molecule has 0 saturated heterocycles. The van der Waals surface area contributed by atoms with Crippen LogP contribution in [0.3, 0.4) is 0 Å². The molecule has 0 radical (unpaired) electrons. The monoisotopic (exact) mass is 448 g/mol. The largest absolute Gasteiger partial charge is 0.443 e. The predicted octanol–water partition coefficient (Wildman–Crippen LogP) is 2.67. The van der Waals surface area contributed by atoms with Gasteiger partial charge in [0.2, 0.25) is 34.8 Å². The molecule has 0 aliphatic carbocycles. The van der Waals surface area contributed by atoms with Crippen molar-refractivity contribution >= 4 is 22.0 Å². The van der Waals surface area contributed by atoms with E-state index in [0.29, 0.717) is 0 Å². The van der Waals surface area contributed by atoms with Crippen LogP contribution in [0.1, 0.15) is 20.8 Å². The minimum atomic E-state index is -3.69. The topological polar surface area (TPSA) is 102 Å². The molecule has 1 N–H and O–H groups in total. The van der Waals surface area contributed by atoms with Crippen molar-refractivity contribution in [2.75, 3.05) is 18.6 Å². The Morgan fingerprint density at radius 3 is 1.83 bits per heavy atom. The number of hydrazine groups is 1. The van der Waals surface area contributed by atoms with E-state index in [4.69, 9.17) is 4.74 Å². The maximum Gasteiger partial charge on any atom is 0.434 e. The first-order valence-corrected chi connectivity index (χ1v) is 9.77. The number of amides is 2. The Labute approximate surface area is 162 Å². The SMILES string of the molecule is CC(C)(C)OC(=O)NN(CCS(C)(=O)=O)C(=O)Oc1c(F)c(F)c(F)c(F)c1F. The molecule has 0 saturated carbocycles. The smallest absolute Gasteiger partial charge is 0.434 e. The van der Waals surface area contributed by atoms with Crippen molar-refractivity contribution in [2.45, 2.75) is 26.4 Å². The number of carbonyl (C=O) groups excluding carboxylic acids is 2. The summed E-state index contributed by atoms with van der Waals surface area (Å²) in [5.74, 6) is -14.7. The molecule has 0 atom stereocenters. The highest BCUT2D eigenvalue weighted by Gasteiger charge is 2.31. The van der Waals surface area contributed by atoms with E-state index >= 15 is 0 Å². The highest BCUT2D eigenvalue weighted by Crippen LogP contribution is 2.29. The van der Waals surface area contributed by atoms with Gasteiger partial charge in [-0.2, -0.15) is 8.78 Å². The first kappa shape index (κ1) is 24.4. The van der Waals surface area contributed by atoms with Crippen molar-refractivity contribution in [1.29, 1.82) is 0 Å². The van der Waals surface area contributed by atoms with Gasteiger partial charge >= 0.3 is 12.2 Å². The van der Waals surface area contributed by atoms with Gasteiger partial charge in [-0.1, -0.05) is 0 Å². The van der Waals surface area contributed by atoms with Crippen LogP contribution in [0.15, 0.2) is 0 Å². The quantitative estimate of drug-likeness (QED) is 0.329. The average Bonchev–Trinajstić information content (AvgIpc) is 2.56. The normalized spacial score (nSPS) is 11.8. The lowest BCUT2D eigenvalue weighted by Crippen LogP contribution is -2.50. The summed E-state index contributed by atoms with van der Waals surface area (Å²) in [5.41, 5.74) is 0.729. The number of nitrogens with zero attached hydrogens (tertiary/aromatic N) is 1. The van der Waals surface area contributed by atoms with E-state index in [-0.39, 0.29) is 5.01 Å². The Morgan fingerprint density at radius 2 is 1.41 bits per heavy atom. The average molecular weight is 448 g/mol. The molecule has 8 nitrogen and oxygen atoms in total. The molecule has 1 aromatic rings. The molecule has 0 bridgehead atoms. The second-order valence-electron chi connectivity index (χ2n) is 6.66. The third-order valence-corrected chi connectivity index (χ3v) is 3.81. The summed E-state index contributed by atoms with van der Waals surface area (Å²) in [5, 5.41) is 0.146. The highest BCUT2D eigenvalue weighted by atomic mass is 32.2. The molecule has 0 heterocycles. The zero-order valence-corrected chi connectivity index (χ0v) is 16.4. The molecule has 14 heteroatoms. The van der Waals surface area contributed by atoms with E-state index in [1.54, 1.807) is 5.43 Å². The number of ether oxygens (including phenoxy) is 2. The van der Waals surface area contributed by atoms with Crippen molar-refractivity contribution in [2.24, 2.45) is 0 Å². The lowest BCUT2D eigenvalue weighted by molar-refractivity contribution is 0.0346. The molecule has 0 aromatic heterocycles. The van der Waals surface area contributed by atoms with E-state index in [9.17, 15) is 40.0 Å². The number of sulfone groups is 1. The van der Waals surface area contributed by atoms with E-state index in [1.807, 2.05) is 0 Å². The molecular formula is C15H17F5N2O6S. The molecule has 2 amide bonds. The number of benzene rings is 1. The van der Waals surface area contributed by atoms with Crippen molar-refractivity contribution in [3.8, 4) is 5.75 Å². The first-order valence-electron chi connectivity index (χ1n) is 7.71. The van der Waals surface area contributed by atoms with Gasteiger partial charge in [-0.05, 0) is 20.8 Å². The Balaban J connectivity index is 3.16. The van der Waals surface area contributed by atoms with Gasteiger partial charge in [0.15, 0.2) is 0 Å². The minimum Gasteiger partial charge on any atom is -0.443 e. The molecule has 0 fully saturated rings. The van der Waals surface area contributed by atoms with Crippen LogP contribution in [0.25, 0.3) is 0 Å². The van der Waals surface area contributed by atoms with Crippen LogP contribution in [-0.4, -0.2) is 49.8 Å². The minimum absolute atomic E-state index is 0.146. The standard InChI is InChI=1S/C15H17F5N2O6S/c1-15(2,3)28-13(23)21-22(5-6-29(4,25)26)14(24)27-12-10(19)8(17)7(16)9(18)11(12)20/h5-6H2,1-4H3,(H,21,23). The van der Waals surface area contributed by atoms with Gasteiger partial charge in [-0.3, -0.25) is 0 Å². The molecule has 29 heavy (non-hydrogen) atoms. The molecule has 0 aliphatic rings. The van der Waals surface area contributed by atoms with Gasteiger partial charge in [0.05, 0.1) is 12.3 Å². The van der Waals surface area contributed by atoms with Crippen LogP contribution in [0, 0.1) is 29.1 Å². The van der Waals surface area contributed by atoms with E-state index in [0.717, 1.165) is 6.26 Å². The summed E-state index contributed by atoms with van der Waals surface area (Å²) in [4.78, 5) is 23.9. The molecule has 0 unspecified atom stereocenters. The zero-order chi connectivity index (χ0) is 22.7. The molecular weight excluding hydrogens is 431 g/mol. The van der Waals surface area contributed by atoms with Crippen molar-refractivity contribution < 1.29 is 49.4 Å². The van der Waals surface area contributed by atoms with Crippen LogP contribution in [0.2, 0.25) is 0 Å². The molecule has 0 aliphatic heterocycles. The maximum absolute atomic E-state index is 13.7. The Kier molecular flexibility index (Phi) is 7.40. The highest BCUT2D eigenvalue weighted by molar-refractivity contribution is 7.90. The van der Waals surface area contributed by atoms with Crippen molar-refractivity contribution in [1.82, 2.24) is 10.4 Å². The zero-order valence-electron chi connectivity index (χ0n) is 15.6. The summed E-state index contributed by atoms with van der Waals surface area (Å²) < 4.78 is 98.4. The summed E-state index contributed by atoms with van der Waals surface area (Å²) >= 11 is 0. The Morgan fingerprint density at radius 1 is 0.966 bits per heavy atom. The fourth-order valence-corrected chi connectivity index (χ4v) is 2.19. The van der Waals surface area contributed by atoms with Crippen LogP contribution in [0.4, 0.5) is 31.5 Å². The van der Waals surface area contributed by atoms with Gasteiger partial charge in [0.25, 0.3) is 0 Å². The fraction of sp³-hybridized carbons (Fsp3) is 0.467. The second kappa shape index (κ2) is 8.80. The van der Waals surface area contributed by atoms with Gasteiger partial charge in [-0.25, -0.2) is 41.6 Å².